The molecule has 1 aliphatic heterocycles. The zero-order valence-corrected chi connectivity index (χ0v) is 13.4. The lowest BCUT2D eigenvalue weighted by Crippen LogP contribution is -2.45. The van der Waals surface area contributed by atoms with E-state index in [2.05, 4.69) is 0 Å². The maximum absolute atomic E-state index is 12.7. The Balaban J connectivity index is 1.75. The minimum Gasteiger partial charge on any atom is -0.371 e. The summed E-state index contributed by atoms with van der Waals surface area (Å²) in [5, 5.41) is 0.478. The second-order valence-corrected chi connectivity index (χ2v) is 8.37. The van der Waals surface area contributed by atoms with E-state index < -0.39 is 10.0 Å². The Hall–Kier alpha value is -0.620. The van der Waals surface area contributed by atoms with Gasteiger partial charge in [-0.3, -0.25) is 0 Å². The van der Waals surface area contributed by atoms with Crippen LogP contribution in [0.3, 0.4) is 0 Å². The molecule has 21 heavy (non-hydrogen) atoms. The molecule has 2 aliphatic rings. The fraction of sp³-hybridized carbons (Fsp3) is 0.600. The predicted octanol–water partition coefficient (Wildman–Crippen LogP) is 2.99. The van der Waals surface area contributed by atoms with Gasteiger partial charge in [0.25, 0.3) is 0 Å². The van der Waals surface area contributed by atoms with Gasteiger partial charge in [0.1, 0.15) is 0 Å². The Morgan fingerprint density at radius 2 is 1.81 bits per heavy atom. The molecule has 0 N–H and O–H groups in total. The van der Waals surface area contributed by atoms with Gasteiger partial charge >= 0.3 is 0 Å². The molecule has 1 atom stereocenters. The summed E-state index contributed by atoms with van der Waals surface area (Å²) >= 11 is 5.89. The second-order valence-electron chi connectivity index (χ2n) is 5.72. The van der Waals surface area contributed by atoms with Crippen LogP contribution in [0.2, 0.25) is 5.02 Å². The first-order valence-corrected chi connectivity index (χ1v) is 9.31. The highest BCUT2D eigenvalue weighted by Crippen LogP contribution is 2.31. The van der Waals surface area contributed by atoms with Gasteiger partial charge in [0.2, 0.25) is 10.0 Å². The first-order chi connectivity index (χ1) is 10.1. The van der Waals surface area contributed by atoms with E-state index in [0.717, 1.165) is 31.2 Å². The van der Waals surface area contributed by atoms with Crippen molar-refractivity contribution in [1.29, 1.82) is 0 Å². The van der Waals surface area contributed by atoms with Gasteiger partial charge in [0, 0.05) is 18.1 Å². The van der Waals surface area contributed by atoms with E-state index in [1.165, 1.54) is 0 Å². The van der Waals surface area contributed by atoms with E-state index in [-0.39, 0.29) is 11.4 Å². The molecule has 1 saturated carbocycles. The van der Waals surface area contributed by atoms with Gasteiger partial charge < -0.3 is 4.74 Å². The smallest absolute Gasteiger partial charge is 0.217 e. The van der Waals surface area contributed by atoms with Gasteiger partial charge in [-0.05, 0) is 30.5 Å². The molecule has 6 heteroatoms. The number of halogens is 1. The van der Waals surface area contributed by atoms with Crippen LogP contribution in [0.15, 0.2) is 24.3 Å². The summed E-state index contributed by atoms with van der Waals surface area (Å²) in [6, 6.07) is 7.42. The van der Waals surface area contributed by atoms with Crippen molar-refractivity contribution in [2.45, 2.75) is 37.0 Å². The minimum atomic E-state index is -3.18. The van der Waals surface area contributed by atoms with Crippen molar-refractivity contribution < 1.29 is 13.2 Å². The van der Waals surface area contributed by atoms with Crippen molar-refractivity contribution >= 4 is 21.6 Å². The number of hydrogen-bond donors (Lipinski definition) is 0. The summed E-state index contributed by atoms with van der Waals surface area (Å²) in [6.45, 7) is 1.31. The molecule has 4 nitrogen and oxygen atoms in total. The van der Waals surface area contributed by atoms with Crippen LogP contribution in [0, 0.1) is 0 Å². The lowest BCUT2D eigenvalue weighted by Gasteiger charge is -2.34. The Bertz CT molecular complexity index is 581. The molecule has 0 aromatic heterocycles. The molecule has 0 radical (unpaired) electrons. The molecule has 1 heterocycles. The Morgan fingerprint density at radius 3 is 2.48 bits per heavy atom. The zero-order chi connectivity index (χ0) is 14.9. The molecular formula is C15H20ClNO3S. The molecule has 1 aromatic rings. The first-order valence-electron chi connectivity index (χ1n) is 7.43. The maximum Gasteiger partial charge on any atom is 0.217 e. The summed E-state index contributed by atoms with van der Waals surface area (Å²) in [4.78, 5) is 0. The van der Waals surface area contributed by atoms with Crippen molar-refractivity contribution in [3.63, 3.8) is 0 Å². The van der Waals surface area contributed by atoms with Crippen molar-refractivity contribution in [1.82, 2.24) is 4.31 Å². The van der Waals surface area contributed by atoms with Gasteiger partial charge in [0.05, 0.1) is 18.0 Å². The Labute approximate surface area is 131 Å². The highest BCUT2D eigenvalue weighted by Gasteiger charge is 2.37. The second kappa shape index (κ2) is 6.24. The van der Waals surface area contributed by atoms with Crippen molar-refractivity contribution in [2.24, 2.45) is 0 Å². The van der Waals surface area contributed by atoms with E-state index >= 15 is 0 Å². The van der Waals surface area contributed by atoms with Crippen molar-refractivity contribution in [3.8, 4) is 0 Å². The van der Waals surface area contributed by atoms with Crippen LogP contribution < -0.4 is 0 Å². The molecule has 1 aliphatic carbocycles. The van der Waals surface area contributed by atoms with E-state index in [4.69, 9.17) is 16.3 Å². The molecule has 116 valence electrons. The van der Waals surface area contributed by atoms with Crippen LogP contribution in [0.5, 0.6) is 0 Å². The van der Waals surface area contributed by atoms with E-state index in [9.17, 15) is 8.42 Å². The lowest BCUT2D eigenvalue weighted by molar-refractivity contribution is -0.00282. The largest absolute Gasteiger partial charge is 0.371 e. The lowest BCUT2D eigenvalue weighted by atomic mass is 10.1. The van der Waals surface area contributed by atoms with Crippen LogP contribution in [0.25, 0.3) is 0 Å². The van der Waals surface area contributed by atoms with E-state index in [1.54, 1.807) is 4.31 Å². The molecule has 1 aromatic carbocycles. The van der Waals surface area contributed by atoms with Gasteiger partial charge in [0.15, 0.2) is 0 Å². The average molecular weight is 330 g/mol. The monoisotopic (exact) mass is 329 g/mol. The number of morpholine rings is 1. The maximum atomic E-state index is 12.7. The van der Waals surface area contributed by atoms with Crippen LogP contribution in [0.1, 0.15) is 37.4 Å². The van der Waals surface area contributed by atoms with Gasteiger partial charge in [-0.2, -0.15) is 4.31 Å². The summed E-state index contributed by atoms with van der Waals surface area (Å²) in [7, 11) is -3.18. The molecule has 1 unspecified atom stereocenters. The summed E-state index contributed by atoms with van der Waals surface area (Å²) < 4.78 is 32.7. The quantitative estimate of drug-likeness (QED) is 0.856. The summed E-state index contributed by atoms with van der Waals surface area (Å²) in [5.74, 6) is 0. The minimum absolute atomic E-state index is 0.193. The number of rotatable bonds is 3. The standard InChI is InChI=1S/C15H20ClNO3S/c16-13-7-5-12(6-8-13)15-11-17(9-10-20-15)21(18,19)14-3-1-2-4-14/h5-8,14-15H,1-4,9-11H2. The van der Waals surface area contributed by atoms with Gasteiger partial charge in [-0.15, -0.1) is 0 Å². The van der Waals surface area contributed by atoms with E-state index in [1.807, 2.05) is 24.3 Å². The number of nitrogens with zero attached hydrogens (tertiary/aromatic N) is 1. The highest BCUT2D eigenvalue weighted by atomic mass is 35.5. The van der Waals surface area contributed by atoms with Crippen LogP contribution in [0.4, 0.5) is 0 Å². The third-order valence-electron chi connectivity index (χ3n) is 4.35. The number of sulfonamides is 1. The molecule has 2 fully saturated rings. The Morgan fingerprint density at radius 1 is 1.14 bits per heavy atom. The topological polar surface area (TPSA) is 46.6 Å². The Kier molecular flexibility index (Phi) is 4.54. The van der Waals surface area contributed by atoms with E-state index in [0.29, 0.717) is 24.7 Å². The van der Waals surface area contributed by atoms with Gasteiger partial charge in [-0.1, -0.05) is 36.6 Å². The molecule has 0 amide bonds. The van der Waals surface area contributed by atoms with Crippen LogP contribution in [-0.2, 0) is 14.8 Å². The molecule has 0 spiro atoms. The van der Waals surface area contributed by atoms with Crippen molar-refractivity contribution in [2.75, 3.05) is 19.7 Å². The fourth-order valence-corrected chi connectivity index (χ4v) is 5.28. The molecule has 3 rings (SSSR count). The summed E-state index contributed by atoms with van der Waals surface area (Å²) in [6.07, 6.45) is 3.44. The first kappa shape index (κ1) is 15.3. The predicted molar refractivity (Wildman–Crippen MR) is 82.9 cm³/mol. The third-order valence-corrected chi connectivity index (χ3v) is 6.97. The van der Waals surface area contributed by atoms with Crippen molar-refractivity contribution in [3.05, 3.63) is 34.9 Å². The molecular weight excluding hydrogens is 310 g/mol. The normalized spacial score (nSPS) is 25.3. The average Bonchev–Trinajstić information content (AvgIpc) is 3.03. The van der Waals surface area contributed by atoms with Gasteiger partial charge in [-0.25, -0.2) is 8.42 Å². The van der Waals surface area contributed by atoms with Crippen LogP contribution in [-0.4, -0.2) is 37.7 Å². The third kappa shape index (κ3) is 3.26. The number of hydrogen-bond acceptors (Lipinski definition) is 3. The SMILES string of the molecule is O=S(=O)(C1CCCC1)N1CCOC(c2ccc(Cl)cc2)C1. The number of ether oxygens (including phenoxy) is 1. The summed E-state index contributed by atoms with van der Waals surface area (Å²) in [5.41, 5.74) is 0.978. The zero-order valence-electron chi connectivity index (χ0n) is 11.9. The molecule has 1 saturated heterocycles. The number of benzene rings is 1. The fourth-order valence-electron chi connectivity index (χ4n) is 3.13. The van der Waals surface area contributed by atoms with Crippen LogP contribution >= 0.6 is 11.6 Å². The highest BCUT2D eigenvalue weighted by molar-refractivity contribution is 7.89. The molecule has 0 bridgehead atoms.